The molecule has 0 saturated carbocycles. The monoisotopic (exact) mass is 364 g/mol. The van der Waals surface area contributed by atoms with E-state index in [1.165, 1.54) is 4.31 Å². The van der Waals surface area contributed by atoms with E-state index >= 15 is 0 Å². The average Bonchev–Trinajstić information content (AvgIpc) is 2.68. The van der Waals surface area contributed by atoms with E-state index < -0.39 is 10.0 Å². The Morgan fingerprint density at radius 3 is 2.32 bits per heavy atom. The summed E-state index contributed by atoms with van der Waals surface area (Å²) in [5, 5.41) is 0. The largest absolute Gasteiger partial charge is 0.497 e. The van der Waals surface area contributed by atoms with Crippen molar-refractivity contribution in [3.05, 3.63) is 36.4 Å². The zero-order valence-corrected chi connectivity index (χ0v) is 15.2. The van der Waals surface area contributed by atoms with E-state index in [-0.39, 0.29) is 16.7 Å². The van der Waals surface area contributed by atoms with Gasteiger partial charge in [0, 0.05) is 32.1 Å². The van der Waals surface area contributed by atoms with Crippen LogP contribution in [0.25, 0.3) is 0 Å². The van der Waals surface area contributed by atoms with Crippen LogP contribution in [0.5, 0.6) is 5.75 Å². The number of rotatable bonds is 4. The van der Waals surface area contributed by atoms with Crippen LogP contribution in [-0.2, 0) is 14.8 Å². The highest BCUT2D eigenvalue weighted by Crippen LogP contribution is 2.24. The molecule has 0 bridgehead atoms. The Kier molecular flexibility index (Phi) is 5.44. The zero-order valence-electron chi connectivity index (χ0n) is 14.4. The quantitative estimate of drug-likeness (QED) is 0.765. The number of nitrogens with zero attached hydrogens (tertiary/aromatic N) is 2. The molecule has 2 aliphatic rings. The highest BCUT2D eigenvalue weighted by molar-refractivity contribution is 7.89. The third kappa shape index (κ3) is 3.88. The molecule has 0 spiro atoms. The fourth-order valence-corrected chi connectivity index (χ4v) is 4.74. The van der Waals surface area contributed by atoms with Gasteiger partial charge in [0.25, 0.3) is 0 Å². The molecule has 1 atom stereocenters. The molecule has 1 fully saturated rings. The maximum atomic E-state index is 12.7. The Bertz CT molecular complexity index is 735. The first-order valence-electron chi connectivity index (χ1n) is 8.60. The lowest BCUT2D eigenvalue weighted by atomic mass is 9.93. The second kappa shape index (κ2) is 7.58. The van der Waals surface area contributed by atoms with E-state index in [4.69, 9.17) is 4.74 Å². The molecule has 0 radical (unpaired) electrons. The number of ether oxygens (including phenoxy) is 1. The van der Waals surface area contributed by atoms with Crippen LogP contribution < -0.4 is 4.74 Å². The Labute approximate surface area is 149 Å². The molecule has 1 heterocycles. The minimum atomic E-state index is -3.53. The zero-order chi connectivity index (χ0) is 17.9. The Balaban J connectivity index is 1.62. The van der Waals surface area contributed by atoms with Crippen molar-refractivity contribution in [2.45, 2.75) is 24.2 Å². The summed E-state index contributed by atoms with van der Waals surface area (Å²) < 4.78 is 32.0. The molecule has 1 aliphatic carbocycles. The van der Waals surface area contributed by atoms with Gasteiger partial charge < -0.3 is 9.64 Å². The fraction of sp³-hybridized carbons (Fsp3) is 0.500. The maximum absolute atomic E-state index is 12.7. The number of benzene rings is 1. The van der Waals surface area contributed by atoms with Crippen LogP contribution in [0.2, 0.25) is 0 Å². The first kappa shape index (κ1) is 17.9. The Morgan fingerprint density at radius 2 is 1.76 bits per heavy atom. The van der Waals surface area contributed by atoms with Gasteiger partial charge in [-0.1, -0.05) is 12.2 Å². The molecule has 6 nitrogen and oxygen atoms in total. The lowest BCUT2D eigenvalue weighted by Gasteiger charge is -2.36. The van der Waals surface area contributed by atoms with Gasteiger partial charge in [0.1, 0.15) is 5.75 Å². The summed E-state index contributed by atoms with van der Waals surface area (Å²) in [6.07, 6.45) is 6.81. The molecule has 136 valence electrons. The fourth-order valence-electron chi connectivity index (χ4n) is 3.32. The SMILES string of the molecule is COc1ccc(S(=O)(=O)N2CCN(C(=O)C3CC=CCC3)CC2)cc1. The molecule has 3 rings (SSSR count). The second-order valence-corrected chi connectivity index (χ2v) is 8.32. The molecular weight excluding hydrogens is 340 g/mol. The summed E-state index contributed by atoms with van der Waals surface area (Å²) in [7, 11) is -1.99. The van der Waals surface area contributed by atoms with Gasteiger partial charge in [0.05, 0.1) is 12.0 Å². The number of hydrogen-bond donors (Lipinski definition) is 0. The summed E-state index contributed by atoms with van der Waals surface area (Å²) >= 11 is 0. The van der Waals surface area contributed by atoms with Gasteiger partial charge in [-0.05, 0) is 43.5 Å². The summed E-state index contributed by atoms with van der Waals surface area (Å²) in [5.41, 5.74) is 0. The third-order valence-electron chi connectivity index (χ3n) is 4.87. The number of carbonyl (C=O) groups is 1. The molecular formula is C18H24N2O4S. The predicted octanol–water partition coefficient (Wildman–Crippen LogP) is 1.88. The molecule has 1 unspecified atom stereocenters. The highest BCUT2D eigenvalue weighted by atomic mass is 32.2. The number of carbonyl (C=O) groups excluding carboxylic acids is 1. The number of amides is 1. The molecule has 0 aromatic heterocycles. The molecule has 1 saturated heterocycles. The van der Waals surface area contributed by atoms with E-state index in [0.29, 0.717) is 31.9 Å². The van der Waals surface area contributed by atoms with Crippen LogP contribution in [0.3, 0.4) is 0 Å². The lowest BCUT2D eigenvalue weighted by molar-refractivity contribution is -0.137. The van der Waals surface area contributed by atoms with Gasteiger partial charge in [0.15, 0.2) is 0 Å². The topological polar surface area (TPSA) is 66.9 Å². The Morgan fingerprint density at radius 1 is 1.08 bits per heavy atom. The van der Waals surface area contributed by atoms with Crippen molar-refractivity contribution in [3.8, 4) is 5.75 Å². The summed E-state index contributed by atoms with van der Waals surface area (Å²) in [6.45, 7) is 1.58. The van der Waals surface area contributed by atoms with E-state index in [0.717, 1.165) is 19.3 Å². The van der Waals surface area contributed by atoms with Gasteiger partial charge in [-0.3, -0.25) is 4.79 Å². The van der Waals surface area contributed by atoms with Gasteiger partial charge in [0.2, 0.25) is 15.9 Å². The lowest BCUT2D eigenvalue weighted by Crippen LogP contribution is -2.51. The highest BCUT2D eigenvalue weighted by Gasteiger charge is 2.32. The van der Waals surface area contributed by atoms with Gasteiger partial charge in [-0.2, -0.15) is 4.31 Å². The van der Waals surface area contributed by atoms with E-state index in [1.807, 2.05) is 4.90 Å². The summed E-state index contributed by atoms with van der Waals surface area (Å²) in [4.78, 5) is 14.6. The predicted molar refractivity (Wildman–Crippen MR) is 94.8 cm³/mol. The third-order valence-corrected chi connectivity index (χ3v) is 6.78. The minimum absolute atomic E-state index is 0.0507. The normalized spacial score (nSPS) is 22.0. The molecule has 7 heteroatoms. The van der Waals surface area contributed by atoms with Gasteiger partial charge in [-0.15, -0.1) is 0 Å². The number of methoxy groups -OCH3 is 1. The van der Waals surface area contributed by atoms with Crippen molar-refractivity contribution in [1.82, 2.24) is 9.21 Å². The Hall–Kier alpha value is -1.86. The minimum Gasteiger partial charge on any atom is -0.497 e. The molecule has 1 aliphatic heterocycles. The van der Waals surface area contributed by atoms with Crippen LogP contribution in [0.4, 0.5) is 0 Å². The molecule has 1 aromatic carbocycles. The first-order chi connectivity index (χ1) is 12.0. The van der Waals surface area contributed by atoms with Crippen molar-refractivity contribution in [1.29, 1.82) is 0 Å². The van der Waals surface area contributed by atoms with Crippen molar-refractivity contribution < 1.29 is 17.9 Å². The van der Waals surface area contributed by atoms with Crippen LogP contribution in [-0.4, -0.2) is 56.8 Å². The van der Waals surface area contributed by atoms with Gasteiger partial charge in [-0.25, -0.2) is 8.42 Å². The van der Waals surface area contributed by atoms with E-state index in [9.17, 15) is 13.2 Å². The second-order valence-electron chi connectivity index (χ2n) is 6.39. The van der Waals surface area contributed by atoms with E-state index in [2.05, 4.69) is 12.2 Å². The maximum Gasteiger partial charge on any atom is 0.243 e. The van der Waals surface area contributed by atoms with Crippen molar-refractivity contribution in [3.63, 3.8) is 0 Å². The molecule has 1 aromatic rings. The van der Waals surface area contributed by atoms with Crippen LogP contribution in [0.15, 0.2) is 41.3 Å². The molecule has 25 heavy (non-hydrogen) atoms. The van der Waals surface area contributed by atoms with E-state index in [1.54, 1.807) is 31.4 Å². The summed E-state index contributed by atoms with van der Waals surface area (Å²) in [5.74, 6) is 0.830. The number of piperazine rings is 1. The van der Waals surface area contributed by atoms with Gasteiger partial charge >= 0.3 is 0 Å². The smallest absolute Gasteiger partial charge is 0.243 e. The number of hydrogen-bond acceptors (Lipinski definition) is 4. The number of allylic oxidation sites excluding steroid dienone is 2. The van der Waals surface area contributed by atoms with Crippen molar-refractivity contribution >= 4 is 15.9 Å². The van der Waals surface area contributed by atoms with Crippen LogP contribution in [0, 0.1) is 5.92 Å². The molecule has 0 N–H and O–H groups in total. The van der Waals surface area contributed by atoms with Crippen LogP contribution >= 0.6 is 0 Å². The first-order valence-corrected chi connectivity index (χ1v) is 10.0. The summed E-state index contributed by atoms with van der Waals surface area (Å²) in [6, 6.07) is 6.40. The molecule has 1 amide bonds. The van der Waals surface area contributed by atoms with Crippen LogP contribution in [0.1, 0.15) is 19.3 Å². The average molecular weight is 364 g/mol. The number of sulfonamides is 1. The van der Waals surface area contributed by atoms with Crippen molar-refractivity contribution in [2.24, 2.45) is 5.92 Å². The standard InChI is InChI=1S/C18H24N2O4S/c1-24-16-7-9-17(10-8-16)25(22,23)20-13-11-19(12-14-20)18(21)15-5-3-2-4-6-15/h2-3,7-10,15H,4-6,11-14H2,1H3. The van der Waals surface area contributed by atoms with Crippen molar-refractivity contribution in [2.75, 3.05) is 33.3 Å².